The molecule has 4 rings (SSSR count). The van der Waals surface area contributed by atoms with Gasteiger partial charge in [-0.2, -0.15) is 0 Å². The Kier molecular flexibility index (Phi) is 6.75. The molecule has 0 bridgehead atoms. The van der Waals surface area contributed by atoms with Gasteiger partial charge < -0.3 is 4.74 Å². The van der Waals surface area contributed by atoms with Gasteiger partial charge >= 0.3 is 5.97 Å². The van der Waals surface area contributed by atoms with Crippen molar-refractivity contribution in [3.63, 3.8) is 0 Å². The van der Waals surface area contributed by atoms with E-state index in [0.717, 1.165) is 25.7 Å². The minimum absolute atomic E-state index is 0.00909. The second kappa shape index (κ2) is 8.93. The highest BCUT2D eigenvalue weighted by molar-refractivity contribution is 5.91. The zero-order chi connectivity index (χ0) is 25.1. The lowest BCUT2D eigenvalue weighted by atomic mass is 9.41. The SMILES string of the molecule is CC(=O)O[C@@H]1CC[C@]2(C)[C@@H](CC=C3[C@@H]4CC[C@H]([C@H](C)/C=C/[C@H](C)C(C)C)[C@]4(C)CC(=O)[C@@]32C)C1. The third-order valence-corrected chi connectivity index (χ3v) is 11.4. The van der Waals surface area contributed by atoms with Crippen LogP contribution in [0, 0.1) is 51.8 Å². The van der Waals surface area contributed by atoms with E-state index in [-0.39, 0.29) is 28.3 Å². The van der Waals surface area contributed by atoms with Gasteiger partial charge in [-0.3, -0.25) is 9.59 Å². The fraction of sp³-hybridized carbons (Fsp3) is 0.806. The molecular formula is C31H48O3. The van der Waals surface area contributed by atoms with Crippen LogP contribution in [0.2, 0.25) is 0 Å². The Hall–Kier alpha value is -1.38. The maximum atomic E-state index is 14.2. The molecule has 3 fully saturated rings. The molecule has 0 aromatic rings. The van der Waals surface area contributed by atoms with Crippen molar-refractivity contribution < 1.29 is 14.3 Å². The van der Waals surface area contributed by atoms with Crippen molar-refractivity contribution in [1.82, 2.24) is 0 Å². The van der Waals surface area contributed by atoms with Gasteiger partial charge in [0.2, 0.25) is 0 Å². The predicted octanol–water partition coefficient (Wildman–Crippen LogP) is 7.55. The summed E-state index contributed by atoms with van der Waals surface area (Å²) in [7, 11) is 0. The third kappa shape index (κ3) is 3.84. The second-order valence-corrected chi connectivity index (χ2v) is 13.3. The standard InChI is InChI=1S/C31H48O3/c1-19(2)20(3)9-10-21(4)25-13-14-26-27-12-11-23-17-24(34-22(5)32)15-16-30(23,7)31(27,8)28(33)18-29(25,26)6/h9-10,12,19-21,23-26H,11,13-18H2,1-8H3/b10-9+/t20-,21+,23-,24+,25+,26-,29-,30+,31+/m0/s1. The Labute approximate surface area is 208 Å². The average Bonchev–Trinajstić information content (AvgIpc) is 3.09. The van der Waals surface area contributed by atoms with Crippen molar-refractivity contribution in [2.24, 2.45) is 51.8 Å². The van der Waals surface area contributed by atoms with Crippen LogP contribution in [-0.2, 0) is 14.3 Å². The molecule has 190 valence electrons. The smallest absolute Gasteiger partial charge is 0.302 e. The van der Waals surface area contributed by atoms with Crippen molar-refractivity contribution in [1.29, 1.82) is 0 Å². The van der Waals surface area contributed by atoms with E-state index in [2.05, 4.69) is 66.7 Å². The summed E-state index contributed by atoms with van der Waals surface area (Å²) in [4.78, 5) is 25.8. The van der Waals surface area contributed by atoms with E-state index in [9.17, 15) is 9.59 Å². The van der Waals surface area contributed by atoms with Crippen molar-refractivity contribution in [3.05, 3.63) is 23.8 Å². The molecule has 0 N–H and O–H groups in total. The largest absolute Gasteiger partial charge is 0.463 e. The van der Waals surface area contributed by atoms with Gasteiger partial charge in [-0.1, -0.05) is 65.3 Å². The van der Waals surface area contributed by atoms with E-state index >= 15 is 0 Å². The van der Waals surface area contributed by atoms with Gasteiger partial charge in [-0.15, -0.1) is 0 Å². The molecule has 4 aliphatic rings. The highest BCUT2D eigenvalue weighted by Gasteiger charge is 2.66. The number of ether oxygens (including phenoxy) is 1. The maximum absolute atomic E-state index is 14.2. The van der Waals surface area contributed by atoms with Crippen LogP contribution in [0.1, 0.15) is 100 Å². The molecule has 0 aromatic carbocycles. The Balaban J connectivity index is 1.61. The minimum Gasteiger partial charge on any atom is -0.463 e. The number of rotatable bonds is 5. The summed E-state index contributed by atoms with van der Waals surface area (Å²) in [6.45, 7) is 17.9. The van der Waals surface area contributed by atoms with Gasteiger partial charge in [0.05, 0.1) is 5.41 Å². The Bertz CT molecular complexity index is 883. The molecule has 0 amide bonds. The molecule has 0 aliphatic heterocycles. The van der Waals surface area contributed by atoms with E-state index in [1.165, 1.54) is 25.3 Å². The first-order valence-electron chi connectivity index (χ1n) is 13.9. The molecule has 0 saturated heterocycles. The number of carbonyl (C=O) groups is 2. The number of hydrogen-bond acceptors (Lipinski definition) is 3. The minimum atomic E-state index is -0.374. The highest BCUT2D eigenvalue weighted by Crippen LogP contribution is 2.70. The summed E-state index contributed by atoms with van der Waals surface area (Å²) in [5.41, 5.74) is 1.11. The van der Waals surface area contributed by atoms with Crippen LogP contribution in [0.25, 0.3) is 0 Å². The molecule has 3 heteroatoms. The maximum Gasteiger partial charge on any atom is 0.302 e. The van der Waals surface area contributed by atoms with Crippen molar-refractivity contribution >= 4 is 11.8 Å². The molecule has 34 heavy (non-hydrogen) atoms. The number of fused-ring (bicyclic) bond motifs is 5. The topological polar surface area (TPSA) is 43.4 Å². The number of Topliss-reactive ketones (excluding diaryl/α,β-unsaturated/α-hetero) is 1. The molecule has 0 heterocycles. The molecule has 3 saturated carbocycles. The van der Waals surface area contributed by atoms with Crippen LogP contribution >= 0.6 is 0 Å². The van der Waals surface area contributed by atoms with Crippen LogP contribution in [-0.4, -0.2) is 17.9 Å². The predicted molar refractivity (Wildman–Crippen MR) is 138 cm³/mol. The molecule has 3 nitrogen and oxygen atoms in total. The molecule has 4 aliphatic carbocycles. The summed E-state index contributed by atoms with van der Waals surface area (Å²) < 4.78 is 5.61. The first-order chi connectivity index (χ1) is 15.8. The van der Waals surface area contributed by atoms with Gasteiger partial charge in [-0.25, -0.2) is 0 Å². The monoisotopic (exact) mass is 468 g/mol. The molecule has 0 unspecified atom stereocenters. The van der Waals surface area contributed by atoms with Gasteiger partial charge in [0.25, 0.3) is 0 Å². The summed E-state index contributed by atoms with van der Waals surface area (Å²) in [6, 6.07) is 0. The normalized spacial score (nSPS) is 43.7. The molecule has 0 radical (unpaired) electrons. The summed E-state index contributed by atoms with van der Waals surface area (Å²) in [5.74, 6) is 3.52. The van der Waals surface area contributed by atoms with E-state index < -0.39 is 0 Å². The average molecular weight is 469 g/mol. The summed E-state index contributed by atoms with van der Waals surface area (Å²) in [5, 5.41) is 0. The number of carbonyl (C=O) groups excluding carboxylic acids is 2. The van der Waals surface area contributed by atoms with Crippen molar-refractivity contribution in [2.75, 3.05) is 0 Å². The highest BCUT2D eigenvalue weighted by atomic mass is 16.5. The Morgan fingerprint density at radius 1 is 1.09 bits per heavy atom. The van der Waals surface area contributed by atoms with Crippen LogP contribution in [0.5, 0.6) is 0 Å². The van der Waals surface area contributed by atoms with Gasteiger partial charge in [-0.05, 0) is 91.8 Å². The van der Waals surface area contributed by atoms with E-state index in [4.69, 9.17) is 4.74 Å². The van der Waals surface area contributed by atoms with Crippen LogP contribution in [0.4, 0.5) is 0 Å². The van der Waals surface area contributed by atoms with Crippen molar-refractivity contribution in [2.45, 2.75) is 106 Å². The number of ketones is 1. The van der Waals surface area contributed by atoms with Gasteiger partial charge in [0.1, 0.15) is 11.9 Å². The van der Waals surface area contributed by atoms with E-state index in [0.29, 0.717) is 47.7 Å². The van der Waals surface area contributed by atoms with E-state index in [1.807, 2.05) is 0 Å². The molecular weight excluding hydrogens is 420 g/mol. The number of esters is 1. The lowest BCUT2D eigenvalue weighted by Crippen LogP contribution is -2.60. The lowest BCUT2D eigenvalue weighted by Gasteiger charge is -2.62. The van der Waals surface area contributed by atoms with Gasteiger partial charge in [0.15, 0.2) is 0 Å². The summed E-state index contributed by atoms with van der Waals surface area (Å²) >= 11 is 0. The summed E-state index contributed by atoms with van der Waals surface area (Å²) in [6.07, 6.45) is 14.2. The first kappa shape index (κ1) is 25.7. The molecule has 9 atom stereocenters. The van der Waals surface area contributed by atoms with Crippen molar-refractivity contribution in [3.8, 4) is 0 Å². The third-order valence-electron chi connectivity index (χ3n) is 11.4. The fourth-order valence-electron chi connectivity index (χ4n) is 8.61. The zero-order valence-electron chi connectivity index (χ0n) is 22.9. The van der Waals surface area contributed by atoms with Crippen LogP contribution in [0.3, 0.4) is 0 Å². The van der Waals surface area contributed by atoms with E-state index in [1.54, 1.807) is 0 Å². The number of hydrogen-bond donors (Lipinski definition) is 0. The first-order valence-corrected chi connectivity index (χ1v) is 13.9. The quantitative estimate of drug-likeness (QED) is 0.309. The molecule has 0 aromatic heterocycles. The van der Waals surface area contributed by atoms with Crippen LogP contribution in [0.15, 0.2) is 23.8 Å². The number of allylic oxidation sites excluding steroid dienone is 4. The van der Waals surface area contributed by atoms with Gasteiger partial charge in [0, 0.05) is 13.3 Å². The van der Waals surface area contributed by atoms with Crippen LogP contribution < -0.4 is 0 Å². The fourth-order valence-corrected chi connectivity index (χ4v) is 8.61. The Morgan fingerprint density at radius 3 is 2.44 bits per heavy atom. The molecule has 0 spiro atoms. The lowest BCUT2D eigenvalue weighted by molar-refractivity contribution is -0.161. The zero-order valence-corrected chi connectivity index (χ0v) is 22.9. The Morgan fingerprint density at radius 2 is 1.79 bits per heavy atom. The second-order valence-electron chi connectivity index (χ2n) is 13.3.